The van der Waals surface area contributed by atoms with Crippen LogP contribution in [0.25, 0.3) is 0 Å². The van der Waals surface area contributed by atoms with Crippen molar-refractivity contribution < 1.29 is 19.2 Å². The highest BCUT2D eigenvalue weighted by Crippen LogP contribution is 2.30. The molecule has 0 radical (unpaired) electrons. The zero-order valence-electron chi connectivity index (χ0n) is 17.7. The lowest BCUT2D eigenvalue weighted by molar-refractivity contribution is -0.132. The average Bonchev–Trinajstić information content (AvgIpc) is 2.95. The Morgan fingerprint density at radius 3 is 2.10 bits per heavy atom. The van der Waals surface area contributed by atoms with Gasteiger partial charge in [0, 0.05) is 43.7 Å². The third-order valence-corrected chi connectivity index (χ3v) is 5.47. The minimum Gasteiger partial charge on any atom is -0.339 e. The SMILES string of the molecule is CCCCC(=O)N1CCN(C(=O)c2ccc3c(c2)C(=O)N(C(C)(C)C)C3=O)CC1. The summed E-state index contributed by atoms with van der Waals surface area (Å²) in [7, 11) is 0. The molecule has 156 valence electrons. The maximum Gasteiger partial charge on any atom is 0.262 e. The number of carbonyl (C=O) groups is 4. The van der Waals surface area contributed by atoms with Crippen LogP contribution < -0.4 is 0 Å². The van der Waals surface area contributed by atoms with E-state index in [9.17, 15) is 19.2 Å². The molecule has 1 aromatic rings. The molecule has 0 atom stereocenters. The van der Waals surface area contributed by atoms with E-state index in [1.54, 1.807) is 17.0 Å². The summed E-state index contributed by atoms with van der Waals surface area (Å²) in [4.78, 5) is 55.2. The standard InChI is InChI=1S/C22H29N3O4/c1-5-6-7-18(26)23-10-12-24(13-11-23)19(27)15-8-9-16-17(14-15)21(29)25(20(16)28)22(2,3)4/h8-9,14H,5-7,10-13H2,1-4H3. The maximum absolute atomic E-state index is 12.9. The minimum atomic E-state index is -0.627. The average molecular weight is 399 g/mol. The summed E-state index contributed by atoms with van der Waals surface area (Å²) < 4.78 is 0. The van der Waals surface area contributed by atoms with Crippen LogP contribution in [0.5, 0.6) is 0 Å². The third kappa shape index (κ3) is 4.04. The summed E-state index contributed by atoms with van der Waals surface area (Å²) in [5, 5.41) is 0. The second-order valence-corrected chi connectivity index (χ2v) is 8.65. The van der Waals surface area contributed by atoms with Crippen LogP contribution in [0.2, 0.25) is 0 Å². The van der Waals surface area contributed by atoms with Crippen molar-refractivity contribution in [2.45, 2.75) is 52.5 Å². The second kappa shape index (κ2) is 7.97. The van der Waals surface area contributed by atoms with Crippen LogP contribution in [0.15, 0.2) is 18.2 Å². The number of imide groups is 1. The van der Waals surface area contributed by atoms with Crippen LogP contribution in [0.3, 0.4) is 0 Å². The van der Waals surface area contributed by atoms with E-state index in [-0.39, 0.29) is 29.2 Å². The molecule has 4 amide bonds. The molecule has 29 heavy (non-hydrogen) atoms. The monoisotopic (exact) mass is 399 g/mol. The lowest BCUT2D eigenvalue weighted by Gasteiger charge is -2.35. The molecule has 0 aliphatic carbocycles. The highest BCUT2D eigenvalue weighted by atomic mass is 16.2. The number of hydrogen-bond acceptors (Lipinski definition) is 4. The van der Waals surface area contributed by atoms with Crippen molar-refractivity contribution in [3.05, 3.63) is 34.9 Å². The number of piperazine rings is 1. The molecule has 0 spiro atoms. The summed E-state index contributed by atoms with van der Waals surface area (Å²) in [6, 6.07) is 4.71. The first-order valence-corrected chi connectivity index (χ1v) is 10.2. The van der Waals surface area contributed by atoms with Crippen LogP contribution in [-0.2, 0) is 4.79 Å². The number of rotatable bonds is 4. The Hall–Kier alpha value is -2.70. The van der Waals surface area contributed by atoms with Crippen molar-refractivity contribution in [3.8, 4) is 0 Å². The molecule has 1 aromatic carbocycles. The molecule has 0 N–H and O–H groups in total. The van der Waals surface area contributed by atoms with Gasteiger partial charge in [0.15, 0.2) is 0 Å². The molecule has 0 unspecified atom stereocenters. The summed E-state index contributed by atoms with van der Waals surface area (Å²) >= 11 is 0. The van der Waals surface area contributed by atoms with E-state index in [1.807, 2.05) is 25.7 Å². The number of unbranched alkanes of at least 4 members (excludes halogenated alkanes) is 1. The van der Waals surface area contributed by atoms with Gasteiger partial charge in [0.2, 0.25) is 5.91 Å². The highest BCUT2D eigenvalue weighted by molar-refractivity contribution is 6.22. The van der Waals surface area contributed by atoms with Crippen molar-refractivity contribution in [1.29, 1.82) is 0 Å². The maximum atomic E-state index is 12.9. The van der Waals surface area contributed by atoms with Gasteiger partial charge in [0.1, 0.15) is 0 Å². The summed E-state index contributed by atoms with van der Waals surface area (Å²) in [5.41, 5.74) is 0.390. The van der Waals surface area contributed by atoms with Gasteiger partial charge >= 0.3 is 0 Å². The van der Waals surface area contributed by atoms with Crippen LogP contribution in [-0.4, -0.2) is 70.0 Å². The fraction of sp³-hybridized carbons (Fsp3) is 0.545. The predicted molar refractivity (Wildman–Crippen MR) is 109 cm³/mol. The Bertz CT molecular complexity index is 848. The van der Waals surface area contributed by atoms with E-state index in [4.69, 9.17) is 0 Å². The van der Waals surface area contributed by atoms with Crippen molar-refractivity contribution in [2.24, 2.45) is 0 Å². The van der Waals surface area contributed by atoms with E-state index >= 15 is 0 Å². The van der Waals surface area contributed by atoms with Gasteiger partial charge < -0.3 is 9.80 Å². The Kier molecular flexibility index (Phi) is 5.78. The van der Waals surface area contributed by atoms with E-state index in [2.05, 4.69) is 6.92 Å². The fourth-order valence-electron chi connectivity index (χ4n) is 3.81. The molecule has 3 rings (SSSR count). The number of carbonyl (C=O) groups excluding carboxylic acids is 4. The molecule has 0 aromatic heterocycles. The van der Waals surface area contributed by atoms with E-state index in [1.165, 1.54) is 11.0 Å². The van der Waals surface area contributed by atoms with Crippen molar-refractivity contribution in [2.75, 3.05) is 26.2 Å². The first-order valence-electron chi connectivity index (χ1n) is 10.2. The summed E-state index contributed by atoms with van der Waals surface area (Å²) in [5.74, 6) is -0.722. The molecular weight excluding hydrogens is 370 g/mol. The molecular formula is C22H29N3O4. The minimum absolute atomic E-state index is 0.142. The van der Waals surface area contributed by atoms with E-state index in [0.717, 1.165) is 12.8 Å². The fourth-order valence-corrected chi connectivity index (χ4v) is 3.81. The first kappa shape index (κ1) is 21.0. The number of benzene rings is 1. The van der Waals surface area contributed by atoms with Crippen LogP contribution in [0.4, 0.5) is 0 Å². The Morgan fingerprint density at radius 1 is 0.931 bits per heavy atom. The Morgan fingerprint density at radius 2 is 1.52 bits per heavy atom. The van der Waals surface area contributed by atoms with Gasteiger partial charge in [-0.3, -0.25) is 24.1 Å². The number of amides is 4. The van der Waals surface area contributed by atoms with E-state index < -0.39 is 5.54 Å². The number of nitrogens with zero attached hydrogens (tertiary/aromatic N) is 3. The van der Waals surface area contributed by atoms with Gasteiger partial charge in [-0.25, -0.2) is 0 Å². The number of fused-ring (bicyclic) bond motifs is 1. The predicted octanol–water partition coefficient (Wildman–Crippen LogP) is 2.56. The Labute approximate surface area is 171 Å². The van der Waals surface area contributed by atoms with Crippen LogP contribution in [0, 0.1) is 0 Å². The van der Waals surface area contributed by atoms with Crippen molar-refractivity contribution >= 4 is 23.6 Å². The van der Waals surface area contributed by atoms with Crippen molar-refractivity contribution in [3.63, 3.8) is 0 Å². The first-order chi connectivity index (χ1) is 13.6. The number of hydrogen-bond donors (Lipinski definition) is 0. The van der Waals surface area contributed by atoms with Gasteiger partial charge in [-0.2, -0.15) is 0 Å². The zero-order chi connectivity index (χ0) is 21.3. The van der Waals surface area contributed by atoms with Crippen LogP contribution in [0.1, 0.15) is 78.0 Å². The smallest absolute Gasteiger partial charge is 0.262 e. The quantitative estimate of drug-likeness (QED) is 0.729. The molecule has 1 fully saturated rings. The van der Waals surface area contributed by atoms with E-state index in [0.29, 0.717) is 43.7 Å². The molecule has 2 aliphatic heterocycles. The topological polar surface area (TPSA) is 78.0 Å². The molecule has 0 bridgehead atoms. The van der Waals surface area contributed by atoms with Gasteiger partial charge in [-0.15, -0.1) is 0 Å². The molecule has 0 saturated carbocycles. The molecule has 7 heteroatoms. The van der Waals surface area contributed by atoms with Crippen molar-refractivity contribution in [1.82, 2.24) is 14.7 Å². The van der Waals surface area contributed by atoms with Crippen LogP contribution >= 0.6 is 0 Å². The molecule has 1 saturated heterocycles. The lowest BCUT2D eigenvalue weighted by atomic mass is 10.0. The summed E-state index contributed by atoms with van der Waals surface area (Å²) in [6.07, 6.45) is 2.41. The normalized spacial score (nSPS) is 17.0. The van der Waals surface area contributed by atoms with Gasteiger partial charge in [0.05, 0.1) is 11.1 Å². The lowest BCUT2D eigenvalue weighted by Crippen LogP contribution is -2.50. The van der Waals surface area contributed by atoms with Gasteiger partial charge in [0.25, 0.3) is 17.7 Å². The highest BCUT2D eigenvalue weighted by Gasteiger charge is 2.42. The van der Waals surface area contributed by atoms with Gasteiger partial charge in [-0.1, -0.05) is 13.3 Å². The molecule has 2 heterocycles. The van der Waals surface area contributed by atoms with Gasteiger partial charge in [-0.05, 0) is 45.4 Å². The zero-order valence-corrected chi connectivity index (χ0v) is 17.7. The molecule has 2 aliphatic rings. The third-order valence-electron chi connectivity index (χ3n) is 5.47. The summed E-state index contributed by atoms with van der Waals surface area (Å²) in [6.45, 7) is 9.46. The largest absolute Gasteiger partial charge is 0.339 e. The Balaban J connectivity index is 1.70. The molecule has 7 nitrogen and oxygen atoms in total. The second-order valence-electron chi connectivity index (χ2n) is 8.65.